The Morgan fingerprint density at radius 3 is 2.36 bits per heavy atom. The van der Waals surface area contributed by atoms with E-state index in [2.05, 4.69) is 5.32 Å². The van der Waals surface area contributed by atoms with Crippen LogP contribution in [0.15, 0.2) is 48.7 Å². The molecule has 0 bridgehead atoms. The molecule has 0 saturated carbocycles. The number of hydrogen-bond acceptors (Lipinski definition) is 4. The summed E-state index contributed by atoms with van der Waals surface area (Å²) in [6.07, 6.45) is -4.63. The predicted molar refractivity (Wildman–Crippen MR) is 80.4 cm³/mol. The second kappa shape index (κ2) is 7.20. The van der Waals surface area contributed by atoms with Crippen LogP contribution in [0.2, 0.25) is 0 Å². The number of esters is 1. The Morgan fingerprint density at radius 2 is 1.80 bits per heavy atom. The molecular formula is C16H13F3N2O4. The van der Waals surface area contributed by atoms with Gasteiger partial charge in [0.15, 0.2) is 12.3 Å². The minimum Gasteiger partial charge on any atom is -0.618 e. The van der Waals surface area contributed by atoms with Gasteiger partial charge in [-0.3, -0.25) is 4.79 Å². The number of hydrogen-bond donors (Lipinski definition) is 1. The van der Waals surface area contributed by atoms with Crippen molar-refractivity contribution in [3.8, 4) is 0 Å². The number of anilines is 1. The molecular weight excluding hydrogens is 341 g/mol. The zero-order valence-corrected chi connectivity index (χ0v) is 12.9. The van der Waals surface area contributed by atoms with Gasteiger partial charge in [-0.15, -0.1) is 0 Å². The molecule has 2 rings (SSSR count). The molecule has 1 N–H and O–H groups in total. The third-order valence-electron chi connectivity index (χ3n) is 3.17. The maximum absolute atomic E-state index is 12.5. The summed E-state index contributed by atoms with van der Waals surface area (Å²) in [5, 5.41) is 13.8. The molecule has 1 heterocycles. The first-order valence-corrected chi connectivity index (χ1v) is 7.06. The zero-order valence-electron chi connectivity index (χ0n) is 12.9. The van der Waals surface area contributed by atoms with E-state index in [0.29, 0.717) is 4.73 Å². The Bertz CT molecular complexity index is 776. The number of carbonyl (C=O) groups excluding carboxylic acids is 2. The summed E-state index contributed by atoms with van der Waals surface area (Å²) in [5.74, 6) is -1.74. The summed E-state index contributed by atoms with van der Waals surface area (Å²) in [6.45, 7) is 1.27. The number of rotatable bonds is 4. The first-order valence-electron chi connectivity index (χ1n) is 7.06. The molecule has 0 radical (unpaired) electrons. The maximum Gasteiger partial charge on any atom is 0.416 e. The average Bonchev–Trinajstić information content (AvgIpc) is 2.54. The molecule has 0 aliphatic rings. The average molecular weight is 354 g/mol. The molecule has 1 aromatic heterocycles. The van der Waals surface area contributed by atoms with Gasteiger partial charge >= 0.3 is 17.8 Å². The van der Waals surface area contributed by atoms with Gasteiger partial charge in [-0.05, 0) is 37.3 Å². The van der Waals surface area contributed by atoms with Gasteiger partial charge in [-0.25, -0.2) is 4.79 Å². The van der Waals surface area contributed by atoms with E-state index in [-0.39, 0.29) is 11.4 Å². The quantitative estimate of drug-likeness (QED) is 0.520. The van der Waals surface area contributed by atoms with Gasteiger partial charge in [-0.2, -0.15) is 17.9 Å². The molecule has 25 heavy (non-hydrogen) atoms. The summed E-state index contributed by atoms with van der Waals surface area (Å²) < 4.78 is 42.6. The summed E-state index contributed by atoms with van der Waals surface area (Å²) in [7, 11) is 0. The van der Waals surface area contributed by atoms with E-state index in [4.69, 9.17) is 4.74 Å². The van der Waals surface area contributed by atoms with Crippen LogP contribution in [0.3, 0.4) is 0 Å². The van der Waals surface area contributed by atoms with Crippen LogP contribution in [-0.2, 0) is 15.7 Å². The molecule has 0 spiro atoms. The topological polar surface area (TPSA) is 82.3 Å². The van der Waals surface area contributed by atoms with Crippen molar-refractivity contribution in [2.45, 2.75) is 19.2 Å². The summed E-state index contributed by atoms with van der Waals surface area (Å²) in [6, 6.07) is 7.90. The number of amides is 1. The van der Waals surface area contributed by atoms with Crippen LogP contribution < -0.4 is 10.0 Å². The van der Waals surface area contributed by atoms with Gasteiger partial charge in [0.25, 0.3) is 5.91 Å². The maximum atomic E-state index is 12.5. The largest absolute Gasteiger partial charge is 0.618 e. The molecule has 0 saturated heterocycles. The Hall–Kier alpha value is -3.10. The number of carbonyl (C=O) groups is 2. The number of halogens is 3. The minimum absolute atomic E-state index is 0.111. The lowest BCUT2D eigenvalue weighted by molar-refractivity contribution is -0.608. The molecule has 0 unspecified atom stereocenters. The standard InChI is InChI=1S/C16H13F3N2O4/c1-10(25-15(23)13-4-2-3-9-21(13)24)14(22)20-12-7-5-11(6-8-12)16(17,18)19/h2-10H,1H3,(H,20,22)/t10-/m0/s1. The second-order valence-electron chi connectivity index (χ2n) is 5.02. The molecule has 0 aliphatic carbocycles. The van der Waals surface area contributed by atoms with Crippen molar-refractivity contribution in [3.63, 3.8) is 0 Å². The van der Waals surface area contributed by atoms with E-state index >= 15 is 0 Å². The van der Waals surface area contributed by atoms with E-state index in [9.17, 15) is 28.0 Å². The van der Waals surface area contributed by atoms with Crippen molar-refractivity contribution in [1.29, 1.82) is 0 Å². The zero-order chi connectivity index (χ0) is 18.6. The SMILES string of the molecule is C[C@H](OC(=O)c1cccc[n+]1[O-])C(=O)Nc1ccc(C(F)(F)F)cc1. The molecule has 2 aromatic rings. The van der Waals surface area contributed by atoms with Gasteiger partial charge in [-0.1, -0.05) is 0 Å². The lowest BCUT2D eigenvalue weighted by Crippen LogP contribution is -2.37. The number of pyridine rings is 1. The summed E-state index contributed by atoms with van der Waals surface area (Å²) in [4.78, 5) is 23.8. The van der Waals surface area contributed by atoms with Crippen molar-refractivity contribution >= 4 is 17.6 Å². The molecule has 9 heteroatoms. The lowest BCUT2D eigenvalue weighted by atomic mass is 10.2. The highest BCUT2D eigenvalue weighted by Crippen LogP contribution is 2.29. The van der Waals surface area contributed by atoms with Crippen molar-refractivity contribution in [1.82, 2.24) is 0 Å². The number of alkyl halides is 3. The van der Waals surface area contributed by atoms with Gasteiger partial charge in [0.1, 0.15) is 0 Å². The highest BCUT2D eigenvalue weighted by molar-refractivity contribution is 5.96. The minimum atomic E-state index is -4.48. The number of benzene rings is 1. The van der Waals surface area contributed by atoms with Crippen LogP contribution in [0, 0.1) is 5.21 Å². The predicted octanol–water partition coefficient (Wildman–Crippen LogP) is 2.52. The molecule has 1 aromatic carbocycles. The third-order valence-corrected chi connectivity index (χ3v) is 3.17. The van der Waals surface area contributed by atoms with Gasteiger partial charge < -0.3 is 15.3 Å². The van der Waals surface area contributed by atoms with E-state index in [1.165, 1.54) is 25.1 Å². The normalized spacial score (nSPS) is 12.3. The van der Waals surface area contributed by atoms with Crippen LogP contribution >= 0.6 is 0 Å². The Morgan fingerprint density at radius 1 is 1.16 bits per heavy atom. The van der Waals surface area contributed by atoms with Gasteiger partial charge in [0, 0.05) is 17.8 Å². The molecule has 1 atom stereocenters. The van der Waals surface area contributed by atoms with Crippen molar-refractivity contribution in [3.05, 3.63) is 65.1 Å². The van der Waals surface area contributed by atoms with Crippen molar-refractivity contribution in [2.75, 3.05) is 5.32 Å². The first kappa shape index (κ1) is 18.2. The van der Waals surface area contributed by atoms with E-state index in [0.717, 1.165) is 30.5 Å². The summed E-state index contributed by atoms with van der Waals surface area (Å²) in [5.41, 5.74) is -1.04. The fourth-order valence-electron chi connectivity index (χ4n) is 1.85. The summed E-state index contributed by atoms with van der Waals surface area (Å²) >= 11 is 0. The molecule has 1 amide bonds. The van der Waals surface area contributed by atoms with Gasteiger partial charge in [0.2, 0.25) is 0 Å². The van der Waals surface area contributed by atoms with Gasteiger partial charge in [0.05, 0.1) is 5.56 Å². The van der Waals surface area contributed by atoms with Crippen LogP contribution in [-0.4, -0.2) is 18.0 Å². The fraction of sp³-hybridized carbons (Fsp3) is 0.188. The van der Waals surface area contributed by atoms with E-state index in [1.54, 1.807) is 0 Å². The number of nitrogens with one attached hydrogen (secondary N) is 1. The van der Waals surface area contributed by atoms with Crippen LogP contribution in [0.25, 0.3) is 0 Å². The monoisotopic (exact) mass is 354 g/mol. The fourth-order valence-corrected chi connectivity index (χ4v) is 1.85. The van der Waals surface area contributed by atoms with Crippen LogP contribution in [0.4, 0.5) is 18.9 Å². The molecule has 0 aliphatic heterocycles. The smallest absolute Gasteiger partial charge is 0.416 e. The van der Waals surface area contributed by atoms with Crippen LogP contribution in [0.1, 0.15) is 23.0 Å². The highest BCUT2D eigenvalue weighted by atomic mass is 19.4. The Labute approximate surface area is 140 Å². The molecule has 132 valence electrons. The van der Waals surface area contributed by atoms with E-state index < -0.39 is 29.7 Å². The number of ether oxygens (including phenoxy) is 1. The third kappa shape index (κ3) is 4.69. The number of aromatic nitrogens is 1. The molecule has 6 nitrogen and oxygen atoms in total. The Balaban J connectivity index is 1.98. The first-order chi connectivity index (χ1) is 11.7. The Kier molecular flexibility index (Phi) is 5.26. The second-order valence-corrected chi connectivity index (χ2v) is 5.02. The van der Waals surface area contributed by atoms with Crippen molar-refractivity contribution < 1.29 is 32.2 Å². The number of nitrogens with zero attached hydrogens (tertiary/aromatic N) is 1. The van der Waals surface area contributed by atoms with Crippen molar-refractivity contribution in [2.24, 2.45) is 0 Å². The highest BCUT2D eigenvalue weighted by Gasteiger charge is 2.30. The lowest BCUT2D eigenvalue weighted by Gasteiger charge is -2.13. The van der Waals surface area contributed by atoms with Crippen LogP contribution in [0.5, 0.6) is 0 Å². The molecule has 0 fully saturated rings. The van der Waals surface area contributed by atoms with E-state index in [1.807, 2.05) is 0 Å².